The number of rotatable bonds is 5. The molecule has 6 heteroatoms. The van der Waals surface area contributed by atoms with Crippen LogP contribution in [0.25, 0.3) is 0 Å². The number of nitrogens with two attached hydrogens (primary N) is 1. The minimum atomic E-state index is -1.05. The van der Waals surface area contributed by atoms with E-state index in [0.717, 1.165) is 4.90 Å². The summed E-state index contributed by atoms with van der Waals surface area (Å²) in [4.78, 5) is 35.3. The highest BCUT2D eigenvalue weighted by molar-refractivity contribution is 6.02. The first kappa shape index (κ1) is 12.6. The Kier molecular flexibility index (Phi) is 3.64. The third kappa shape index (κ3) is 2.38. The van der Waals surface area contributed by atoms with Gasteiger partial charge in [0.25, 0.3) is 0 Å². The molecule has 1 rings (SSSR count). The van der Waals surface area contributed by atoms with Gasteiger partial charge in [0.1, 0.15) is 5.54 Å². The molecule has 90 valence electrons. The van der Waals surface area contributed by atoms with Gasteiger partial charge in [0.2, 0.25) is 17.7 Å². The van der Waals surface area contributed by atoms with E-state index in [2.05, 4.69) is 5.32 Å². The Balaban J connectivity index is 2.79. The lowest BCUT2D eigenvalue weighted by Crippen LogP contribution is -2.60. The standard InChI is InChI=1S/C10H17N3O3/c1-3-12-10(2,9(11)16)6-13-7(14)4-5-8(13)15/h12H,3-6H2,1-2H3,(H2,11,16). The van der Waals surface area contributed by atoms with E-state index in [4.69, 9.17) is 5.73 Å². The van der Waals surface area contributed by atoms with Gasteiger partial charge in [-0.05, 0) is 13.5 Å². The number of primary amides is 1. The predicted molar refractivity (Wildman–Crippen MR) is 57.2 cm³/mol. The molecule has 0 aromatic rings. The lowest BCUT2D eigenvalue weighted by atomic mass is 10.0. The van der Waals surface area contributed by atoms with E-state index in [1.165, 1.54) is 0 Å². The van der Waals surface area contributed by atoms with Crippen LogP contribution in [0.2, 0.25) is 0 Å². The van der Waals surface area contributed by atoms with E-state index in [-0.39, 0.29) is 31.2 Å². The Bertz CT molecular complexity index is 313. The van der Waals surface area contributed by atoms with E-state index in [1.54, 1.807) is 6.92 Å². The predicted octanol–water partition coefficient (Wildman–Crippen LogP) is -1.01. The zero-order valence-electron chi connectivity index (χ0n) is 9.58. The summed E-state index contributed by atoms with van der Waals surface area (Å²) in [5, 5.41) is 2.91. The maximum absolute atomic E-state index is 11.4. The lowest BCUT2D eigenvalue weighted by Gasteiger charge is -2.30. The lowest BCUT2D eigenvalue weighted by molar-refractivity contribution is -0.140. The molecule has 0 radical (unpaired) electrons. The molecular formula is C10H17N3O3. The summed E-state index contributed by atoms with van der Waals surface area (Å²) in [5.74, 6) is -1.05. The molecule has 3 N–H and O–H groups in total. The molecule has 0 aliphatic carbocycles. The fraction of sp³-hybridized carbons (Fsp3) is 0.700. The molecule has 1 heterocycles. The van der Waals surface area contributed by atoms with Crippen LogP contribution < -0.4 is 11.1 Å². The van der Waals surface area contributed by atoms with Gasteiger partial charge in [-0.15, -0.1) is 0 Å². The average molecular weight is 227 g/mol. The van der Waals surface area contributed by atoms with E-state index in [9.17, 15) is 14.4 Å². The largest absolute Gasteiger partial charge is 0.368 e. The van der Waals surface area contributed by atoms with Crippen molar-refractivity contribution in [2.45, 2.75) is 32.2 Å². The first-order chi connectivity index (χ1) is 7.40. The summed E-state index contributed by atoms with van der Waals surface area (Å²) in [6.45, 7) is 3.97. The summed E-state index contributed by atoms with van der Waals surface area (Å²) in [6, 6.07) is 0. The van der Waals surface area contributed by atoms with Crippen LogP contribution in [0.4, 0.5) is 0 Å². The van der Waals surface area contributed by atoms with Crippen LogP contribution in [0.15, 0.2) is 0 Å². The Hall–Kier alpha value is -1.43. The van der Waals surface area contributed by atoms with Crippen LogP contribution >= 0.6 is 0 Å². The fourth-order valence-corrected chi connectivity index (χ4v) is 1.73. The summed E-state index contributed by atoms with van der Waals surface area (Å²) in [7, 11) is 0. The van der Waals surface area contributed by atoms with Gasteiger partial charge < -0.3 is 11.1 Å². The highest BCUT2D eigenvalue weighted by Gasteiger charge is 2.38. The Morgan fingerprint density at radius 3 is 2.31 bits per heavy atom. The number of hydrogen-bond acceptors (Lipinski definition) is 4. The third-order valence-electron chi connectivity index (χ3n) is 2.74. The number of carbonyl (C=O) groups is 3. The van der Waals surface area contributed by atoms with Crippen LogP contribution in [0.5, 0.6) is 0 Å². The smallest absolute Gasteiger partial charge is 0.239 e. The monoisotopic (exact) mass is 227 g/mol. The van der Waals surface area contributed by atoms with Gasteiger partial charge in [0, 0.05) is 12.8 Å². The second-order valence-electron chi connectivity index (χ2n) is 4.10. The van der Waals surface area contributed by atoms with E-state index in [0.29, 0.717) is 6.54 Å². The Labute approximate surface area is 94.2 Å². The van der Waals surface area contributed by atoms with Crippen molar-refractivity contribution in [2.75, 3.05) is 13.1 Å². The molecule has 0 bridgehead atoms. The zero-order valence-corrected chi connectivity index (χ0v) is 9.58. The second-order valence-corrected chi connectivity index (χ2v) is 4.10. The first-order valence-electron chi connectivity index (χ1n) is 5.29. The van der Waals surface area contributed by atoms with Crippen molar-refractivity contribution in [3.8, 4) is 0 Å². The molecule has 0 saturated carbocycles. The Morgan fingerprint density at radius 2 is 1.94 bits per heavy atom. The number of likely N-dealkylation sites (tertiary alicyclic amines) is 1. The average Bonchev–Trinajstić information content (AvgIpc) is 2.49. The summed E-state index contributed by atoms with van der Waals surface area (Å²) >= 11 is 0. The highest BCUT2D eigenvalue weighted by Crippen LogP contribution is 2.16. The second kappa shape index (κ2) is 4.61. The van der Waals surface area contributed by atoms with Crippen LogP contribution in [0.3, 0.4) is 0 Å². The highest BCUT2D eigenvalue weighted by atomic mass is 16.2. The van der Waals surface area contributed by atoms with Crippen LogP contribution in [-0.2, 0) is 14.4 Å². The minimum absolute atomic E-state index is 0.00778. The van der Waals surface area contributed by atoms with Gasteiger partial charge in [0.05, 0.1) is 6.54 Å². The molecular weight excluding hydrogens is 210 g/mol. The van der Waals surface area contributed by atoms with Crippen LogP contribution in [-0.4, -0.2) is 41.2 Å². The normalized spacial score (nSPS) is 20.0. The van der Waals surface area contributed by atoms with Gasteiger partial charge in [-0.1, -0.05) is 6.92 Å². The number of imide groups is 1. The van der Waals surface area contributed by atoms with Gasteiger partial charge in [-0.2, -0.15) is 0 Å². The fourth-order valence-electron chi connectivity index (χ4n) is 1.73. The van der Waals surface area contributed by atoms with E-state index in [1.807, 2.05) is 6.92 Å². The summed E-state index contributed by atoms with van der Waals surface area (Å²) in [5.41, 5.74) is 4.22. The number of carbonyl (C=O) groups excluding carboxylic acids is 3. The molecule has 3 amide bonds. The quantitative estimate of drug-likeness (QED) is 0.588. The zero-order chi connectivity index (χ0) is 12.3. The number of hydrogen-bond donors (Lipinski definition) is 2. The maximum atomic E-state index is 11.4. The molecule has 1 aliphatic rings. The van der Waals surface area contributed by atoms with Crippen molar-refractivity contribution in [2.24, 2.45) is 5.73 Å². The summed E-state index contributed by atoms with van der Waals surface area (Å²) in [6.07, 6.45) is 0.444. The van der Waals surface area contributed by atoms with Crippen molar-refractivity contribution in [3.63, 3.8) is 0 Å². The molecule has 0 aromatic heterocycles. The van der Waals surface area contributed by atoms with E-state index >= 15 is 0 Å². The van der Waals surface area contributed by atoms with Crippen molar-refractivity contribution in [1.29, 1.82) is 0 Å². The SMILES string of the molecule is CCNC(C)(CN1C(=O)CCC1=O)C(N)=O. The van der Waals surface area contributed by atoms with Gasteiger partial charge in [-0.25, -0.2) is 0 Å². The molecule has 1 unspecified atom stereocenters. The molecule has 16 heavy (non-hydrogen) atoms. The number of nitrogens with zero attached hydrogens (tertiary/aromatic N) is 1. The first-order valence-corrected chi connectivity index (χ1v) is 5.29. The summed E-state index contributed by atoms with van der Waals surface area (Å²) < 4.78 is 0. The van der Waals surface area contributed by atoms with Gasteiger partial charge in [0.15, 0.2) is 0 Å². The third-order valence-corrected chi connectivity index (χ3v) is 2.74. The topological polar surface area (TPSA) is 92.5 Å². The van der Waals surface area contributed by atoms with Gasteiger partial charge in [-0.3, -0.25) is 19.3 Å². The van der Waals surface area contributed by atoms with Crippen molar-refractivity contribution in [1.82, 2.24) is 10.2 Å². The van der Waals surface area contributed by atoms with Crippen molar-refractivity contribution in [3.05, 3.63) is 0 Å². The molecule has 0 spiro atoms. The molecule has 6 nitrogen and oxygen atoms in total. The minimum Gasteiger partial charge on any atom is -0.368 e. The molecule has 1 atom stereocenters. The van der Waals surface area contributed by atoms with Gasteiger partial charge >= 0.3 is 0 Å². The maximum Gasteiger partial charge on any atom is 0.239 e. The van der Waals surface area contributed by atoms with Crippen LogP contribution in [0, 0.1) is 0 Å². The number of likely N-dealkylation sites (N-methyl/N-ethyl adjacent to an activating group) is 1. The molecule has 1 saturated heterocycles. The van der Waals surface area contributed by atoms with Crippen LogP contribution in [0.1, 0.15) is 26.7 Å². The van der Waals surface area contributed by atoms with Crippen molar-refractivity contribution >= 4 is 17.7 Å². The number of amides is 3. The molecule has 0 aromatic carbocycles. The van der Waals surface area contributed by atoms with E-state index < -0.39 is 11.4 Å². The molecule has 1 fully saturated rings. The number of nitrogens with one attached hydrogen (secondary N) is 1. The molecule has 1 aliphatic heterocycles. The van der Waals surface area contributed by atoms with Crippen molar-refractivity contribution < 1.29 is 14.4 Å². The Morgan fingerprint density at radius 1 is 1.44 bits per heavy atom.